The van der Waals surface area contributed by atoms with Crippen molar-refractivity contribution in [2.45, 2.75) is 26.7 Å². The molecule has 2 rings (SSSR count). The Morgan fingerprint density at radius 3 is 2.29 bits per heavy atom. The number of rotatable bonds is 4. The van der Waals surface area contributed by atoms with E-state index in [4.69, 9.17) is 0 Å². The Hall–Kier alpha value is -1.76. The van der Waals surface area contributed by atoms with E-state index in [1.807, 2.05) is 6.07 Å². The standard InChI is InChI=1S/C16H19N/c1-3-13-10-11-14(4-2)16(12-13)17-15-8-6-5-7-9-15/h5-12,17H,3-4H2,1-2H3. The highest BCUT2D eigenvalue weighted by molar-refractivity contribution is 5.64. The monoisotopic (exact) mass is 225 g/mol. The third-order valence-corrected chi connectivity index (χ3v) is 3.02. The van der Waals surface area contributed by atoms with Gasteiger partial charge >= 0.3 is 0 Å². The maximum absolute atomic E-state index is 3.50. The minimum atomic E-state index is 1.05. The van der Waals surface area contributed by atoms with Crippen molar-refractivity contribution in [1.82, 2.24) is 0 Å². The zero-order valence-electron chi connectivity index (χ0n) is 10.5. The highest BCUT2D eigenvalue weighted by atomic mass is 14.9. The van der Waals surface area contributed by atoms with Gasteiger partial charge in [-0.1, -0.05) is 44.2 Å². The summed E-state index contributed by atoms with van der Waals surface area (Å²) in [5, 5.41) is 3.50. The largest absolute Gasteiger partial charge is 0.355 e. The molecule has 0 radical (unpaired) electrons. The second kappa shape index (κ2) is 5.53. The molecule has 0 fully saturated rings. The Labute approximate surface area is 103 Å². The van der Waals surface area contributed by atoms with Gasteiger partial charge in [-0.15, -0.1) is 0 Å². The molecule has 88 valence electrons. The number of para-hydroxylation sites is 1. The van der Waals surface area contributed by atoms with Gasteiger partial charge in [-0.3, -0.25) is 0 Å². The molecule has 0 aliphatic rings. The van der Waals surface area contributed by atoms with Crippen LogP contribution in [0.15, 0.2) is 48.5 Å². The second-order valence-electron chi connectivity index (χ2n) is 4.19. The van der Waals surface area contributed by atoms with E-state index in [1.165, 1.54) is 16.8 Å². The topological polar surface area (TPSA) is 12.0 Å². The van der Waals surface area contributed by atoms with E-state index in [9.17, 15) is 0 Å². The summed E-state index contributed by atoms with van der Waals surface area (Å²) in [6.07, 6.45) is 2.13. The van der Waals surface area contributed by atoms with E-state index in [0.717, 1.165) is 18.5 Å². The van der Waals surface area contributed by atoms with Crippen LogP contribution < -0.4 is 5.32 Å². The minimum Gasteiger partial charge on any atom is -0.355 e. The molecule has 1 heteroatoms. The molecule has 0 bridgehead atoms. The Kier molecular flexibility index (Phi) is 3.81. The molecule has 0 saturated carbocycles. The van der Waals surface area contributed by atoms with Crippen molar-refractivity contribution in [2.24, 2.45) is 0 Å². The second-order valence-corrected chi connectivity index (χ2v) is 4.19. The Balaban J connectivity index is 2.30. The van der Waals surface area contributed by atoms with Crippen LogP contribution in [0.1, 0.15) is 25.0 Å². The number of hydrogen-bond donors (Lipinski definition) is 1. The summed E-state index contributed by atoms with van der Waals surface area (Å²) in [7, 11) is 0. The lowest BCUT2D eigenvalue weighted by Gasteiger charge is -2.12. The quantitative estimate of drug-likeness (QED) is 0.804. The van der Waals surface area contributed by atoms with E-state index < -0.39 is 0 Å². The van der Waals surface area contributed by atoms with Gasteiger partial charge in [-0.05, 0) is 42.2 Å². The smallest absolute Gasteiger partial charge is 0.0419 e. The highest BCUT2D eigenvalue weighted by Crippen LogP contribution is 2.23. The number of benzene rings is 2. The molecule has 2 aromatic carbocycles. The van der Waals surface area contributed by atoms with Gasteiger partial charge < -0.3 is 5.32 Å². The fourth-order valence-electron chi connectivity index (χ4n) is 1.95. The molecule has 0 unspecified atom stereocenters. The SMILES string of the molecule is CCc1ccc(CC)c(Nc2ccccc2)c1. The summed E-state index contributed by atoms with van der Waals surface area (Å²) in [6, 6.07) is 17.0. The zero-order valence-corrected chi connectivity index (χ0v) is 10.5. The first-order valence-corrected chi connectivity index (χ1v) is 6.27. The van der Waals surface area contributed by atoms with Gasteiger partial charge in [0, 0.05) is 11.4 Å². The molecule has 0 atom stereocenters. The van der Waals surface area contributed by atoms with Crippen LogP contribution in [0.4, 0.5) is 11.4 Å². The molecule has 0 spiro atoms. The van der Waals surface area contributed by atoms with Crippen molar-refractivity contribution in [2.75, 3.05) is 5.32 Å². The molecular weight excluding hydrogens is 206 g/mol. The average Bonchev–Trinajstić information content (AvgIpc) is 2.40. The first-order valence-electron chi connectivity index (χ1n) is 6.27. The average molecular weight is 225 g/mol. The minimum absolute atomic E-state index is 1.05. The molecule has 1 N–H and O–H groups in total. The normalized spacial score (nSPS) is 10.2. The molecule has 0 heterocycles. The van der Waals surface area contributed by atoms with Crippen LogP contribution in [0.2, 0.25) is 0 Å². The lowest BCUT2D eigenvalue weighted by atomic mass is 10.1. The number of hydrogen-bond acceptors (Lipinski definition) is 1. The van der Waals surface area contributed by atoms with Gasteiger partial charge in [0.1, 0.15) is 0 Å². The number of anilines is 2. The summed E-state index contributed by atoms with van der Waals surface area (Å²) in [5.41, 5.74) is 5.13. The molecule has 0 amide bonds. The van der Waals surface area contributed by atoms with E-state index in [2.05, 4.69) is 61.6 Å². The summed E-state index contributed by atoms with van der Waals surface area (Å²) in [4.78, 5) is 0. The van der Waals surface area contributed by atoms with Crippen LogP contribution in [-0.2, 0) is 12.8 Å². The van der Waals surface area contributed by atoms with Crippen LogP contribution in [0, 0.1) is 0 Å². The van der Waals surface area contributed by atoms with Crippen LogP contribution in [0.3, 0.4) is 0 Å². The first-order chi connectivity index (χ1) is 8.33. The molecule has 0 aliphatic heterocycles. The van der Waals surface area contributed by atoms with Gasteiger partial charge in [0.2, 0.25) is 0 Å². The van der Waals surface area contributed by atoms with E-state index in [1.54, 1.807) is 0 Å². The van der Waals surface area contributed by atoms with Crippen molar-refractivity contribution in [3.8, 4) is 0 Å². The summed E-state index contributed by atoms with van der Waals surface area (Å²) < 4.78 is 0. The van der Waals surface area contributed by atoms with Gasteiger partial charge in [-0.2, -0.15) is 0 Å². The highest BCUT2D eigenvalue weighted by Gasteiger charge is 2.02. The van der Waals surface area contributed by atoms with Gasteiger partial charge in [0.15, 0.2) is 0 Å². The molecule has 0 aromatic heterocycles. The number of aryl methyl sites for hydroxylation is 2. The maximum Gasteiger partial charge on any atom is 0.0419 e. The Bertz CT molecular complexity index is 474. The van der Waals surface area contributed by atoms with Crippen molar-refractivity contribution < 1.29 is 0 Å². The number of nitrogens with one attached hydrogen (secondary N) is 1. The van der Waals surface area contributed by atoms with Gasteiger partial charge in [-0.25, -0.2) is 0 Å². The van der Waals surface area contributed by atoms with Crippen LogP contribution in [0.25, 0.3) is 0 Å². The molecule has 1 nitrogen and oxygen atoms in total. The van der Waals surface area contributed by atoms with Crippen molar-refractivity contribution >= 4 is 11.4 Å². The van der Waals surface area contributed by atoms with Crippen molar-refractivity contribution in [1.29, 1.82) is 0 Å². The predicted molar refractivity (Wildman–Crippen MR) is 74.9 cm³/mol. The summed E-state index contributed by atoms with van der Waals surface area (Å²) >= 11 is 0. The lowest BCUT2D eigenvalue weighted by molar-refractivity contribution is 1.10. The third kappa shape index (κ3) is 2.88. The first kappa shape index (κ1) is 11.7. The fourth-order valence-corrected chi connectivity index (χ4v) is 1.95. The summed E-state index contributed by atoms with van der Waals surface area (Å²) in [6.45, 7) is 4.38. The Morgan fingerprint density at radius 1 is 0.882 bits per heavy atom. The Morgan fingerprint density at radius 2 is 1.65 bits per heavy atom. The van der Waals surface area contributed by atoms with Crippen LogP contribution in [0.5, 0.6) is 0 Å². The predicted octanol–water partition coefficient (Wildman–Crippen LogP) is 4.56. The van der Waals surface area contributed by atoms with Gasteiger partial charge in [0.25, 0.3) is 0 Å². The maximum atomic E-state index is 3.50. The van der Waals surface area contributed by atoms with Crippen molar-refractivity contribution in [3.63, 3.8) is 0 Å². The van der Waals surface area contributed by atoms with E-state index in [0.29, 0.717) is 0 Å². The molecule has 0 aliphatic carbocycles. The van der Waals surface area contributed by atoms with Crippen LogP contribution >= 0.6 is 0 Å². The zero-order chi connectivity index (χ0) is 12.1. The fraction of sp³-hybridized carbons (Fsp3) is 0.250. The molecule has 2 aromatic rings. The van der Waals surface area contributed by atoms with Crippen molar-refractivity contribution in [3.05, 3.63) is 59.7 Å². The van der Waals surface area contributed by atoms with E-state index >= 15 is 0 Å². The van der Waals surface area contributed by atoms with Crippen LogP contribution in [-0.4, -0.2) is 0 Å². The van der Waals surface area contributed by atoms with Gasteiger partial charge in [0.05, 0.1) is 0 Å². The molecule has 0 saturated heterocycles. The van der Waals surface area contributed by atoms with E-state index in [-0.39, 0.29) is 0 Å². The lowest BCUT2D eigenvalue weighted by Crippen LogP contribution is -1.96. The molecular formula is C16H19N. The molecule has 17 heavy (non-hydrogen) atoms. The third-order valence-electron chi connectivity index (χ3n) is 3.02. The summed E-state index contributed by atoms with van der Waals surface area (Å²) in [5.74, 6) is 0.